The van der Waals surface area contributed by atoms with Crippen molar-refractivity contribution in [3.63, 3.8) is 0 Å². The van der Waals surface area contributed by atoms with Crippen LogP contribution in [0, 0.1) is 13.8 Å². The lowest BCUT2D eigenvalue weighted by Crippen LogP contribution is -1.98. The summed E-state index contributed by atoms with van der Waals surface area (Å²) < 4.78 is 0. The Kier molecular flexibility index (Phi) is 3.69. The Morgan fingerprint density at radius 1 is 0.944 bits per heavy atom. The molecule has 2 nitrogen and oxygen atoms in total. The van der Waals surface area contributed by atoms with Crippen LogP contribution in [0.5, 0.6) is 0 Å². The van der Waals surface area contributed by atoms with Crippen LogP contribution in [0.2, 0.25) is 10.0 Å². The second-order valence-electron chi connectivity index (χ2n) is 4.28. The van der Waals surface area contributed by atoms with E-state index >= 15 is 0 Å². The Labute approximate surface area is 117 Å². The highest BCUT2D eigenvalue weighted by atomic mass is 35.5. The second kappa shape index (κ2) is 5.09. The first-order valence-corrected chi connectivity index (χ1v) is 6.32. The van der Waals surface area contributed by atoms with Crippen molar-refractivity contribution < 1.29 is 0 Å². The van der Waals surface area contributed by atoms with Crippen LogP contribution in [0.4, 0.5) is 17.1 Å². The van der Waals surface area contributed by atoms with E-state index in [1.54, 1.807) is 12.1 Å². The van der Waals surface area contributed by atoms with E-state index in [1.807, 2.05) is 25.1 Å². The van der Waals surface area contributed by atoms with E-state index in [2.05, 4.69) is 12.2 Å². The molecular formula is C14H14Cl2N2. The summed E-state index contributed by atoms with van der Waals surface area (Å²) in [4.78, 5) is 0. The van der Waals surface area contributed by atoms with E-state index < -0.39 is 0 Å². The first-order chi connectivity index (χ1) is 8.47. The number of aryl methyl sites for hydroxylation is 2. The molecule has 18 heavy (non-hydrogen) atoms. The summed E-state index contributed by atoms with van der Waals surface area (Å²) in [5.74, 6) is 0. The quantitative estimate of drug-likeness (QED) is 0.765. The summed E-state index contributed by atoms with van der Waals surface area (Å²) >= 11 is 11.8. The SMILES string of the molecule is Cc1cc(N)c(Nc2ccc(Cl)c(Cl)c2)cc1C. The predicted octanol–water partition coefficient (Wildman–Crippen LogP) is 4.94. The van der Waals surface area contributed by atoms with E-state index in [1.165, 1.54) is 11.1 Å². The van der Waals surface area contributed by atoms with Gasteiger partial charge in [-0.25, -0.2) is 0 Å². The molecule has 0 saturated carbocycles. The summed E-state index contributed by atoms with van der Waals surface area (Å²) in [5, 5.41) is 4.30. The fourth-order valence-corrected chi connectivity index (χ4v) is 1.97. The number of halogens is 2. The van der Waals surface area contributed by atoms with Gasteiger partial charge in [-0.15, -0.1) is 0 Å². The first-order valence-electron chi connectivity index (χ1n) is 5.56. The fraction of sp³-hybridized carbons (Fsp3) is 0.143. The lowest BCUT2D eigenvalue weighted by Gasteiger charge is -2.12. The van der Waals surface area contributed by atoms with Gasteiger partial charge < -0.3 is 11.1 Å². The highest BCUT2D eigenvalue weighted by molar-refractivity contribution is 6.42. The third-order valence-corrected chi connectivity index (χ3v) is 3.60. The lowest BCUT2D eigenvalue weighted by molar-refractivity contribution is 1.34. The molecule has 0 aromatic heterocycles. The second-order valence-corrected chi connectivity index (χ2v) is 5.09. The van der Waals surface area contributed by atoms with Crippen molar-refractivity contribution in [2.24, 2.45) is 0 Å². The summed E-state index contributed by atoms with van der Waals surface area (Å²) in [6.07, 6.45) is 0. The topological polar surface area (TPSA) is 38.0 Å². The molecule has 2 aromatic carbocycles. The molecule has 0 saturated heterocycles. The number of nitrogens with one attached hydrogen (secondary N) is 1. The average Bonchev–Trinajstić information content (AvgIpc) is 2.31. The van der Waals surface area contributed by atoms with Crippen LogP contribution in [-0.4, -0.2) is 0 Å². The molecule has 0 aliphatic carbocycles. The van der Waals surface area contributed by atoms with Crippen molar-refractivity contribution in [3.05, 3.63) is 51.5 Å². The molecule has 0 aliphatic heterocycles. The van der Waals surface area contributed by atoms with E-state index in [0.717, 1.165) is 11.4 Å². The van der Waals surface area contributed by atoms with Crippen molar-refractivity contribution in [1.29, 1.82) is 0 Å². The average molecular weight is 281 g/mol. The van der Waals surface area contributed by atoms with Gasteiger partial charge in [-0.2, -0.15) is 0 Å². The van der Waals surface area contributed by atoms with Gasteiger partial charge in [0.05, 0.1) is 21.4 Å². The summed E-state index contributed by atoms with van der Waals surface area (Å²) in [7, 11) is 0. The molecule has 0 amide bonds. The summed E-state index contributed by atoms with van der Waals surface area (Å²) in [6, 6.07) is 9.37. The Morgan fingerprint density at radius 2 is 1.61 bits per heavy atom. The molecule has 0 atom stereocenters. The molecule has 0 aliphatic rings. The van der Waals surface area contributed by atoms with Gasteiger partial charge in [0, 0.05) is 5.69 Å². The molecule has 2 rings (SSSR count). The molecule has 94 valence electrons. The molecule has 0 radical (unpaired) electrons. The smallest absolute Gasteiger partial charge is 0.0620 e. The molecule has 3 N–H and O–H groups in total. The zero-order valence-electron chi connectivity index (χ0n) is 10.2. The van der Waals surface area contributed by atoms with Crippen molar-refractivity contribution in [1.82, 2.24) is 0 Å². The zero-order valence-corrected chi connectivity index (χ0v) is 11.7. The zero-order chi connectivity index (χ0) is 13.3. The van der Waals surface area contributed by atoms with Gasteiger partial charge in [0.25, 0.3) is 0 Å². The Hall–Kier alpha value is -1.38. The predicted molar refractivity (Wildman–Crippen MR) is 80.1 cm³/mol. The largest absolute Gasteiger partial charge is 0.397 e. The maximum Gasteiger partial charge on any atom is 0.0620 e. The minimum Gasteiger partial charge on any atom is -0.397 e. The van der Waals surface area contributed by atoms with Crippen molar-refractivity contribution in [2.75, 3.05) is 11.1 Å². The van der Waals surface area contributed by atoms with Crippen LogP contribution in [0.25, 0.3) is 0 Å². The number of hydrogen-bond acceptors (Lipinski definition) is 2. The van der Waals surface area contributed by atoms with Crippen LogP contribution < -0.4 is 11.1 Å². The van der Waals surface area contributed by atoms with Crippen LogP contribution in [0.3, 0.4) is 0 Å². The summed E-state index contributed by atoms with van der Waals surface area (Å²) in [6.45, 7) is 4.09. The summed E-state index contributed by atoms with van der Waals surface area (Å²) in [5.41, 5.74) is 10.8. The third kappa shape index (κ3) is 2.71. The van der Waals surface area contributed by atoms with E-state index in [4.69, 9.17) is 28.9 Å². The standard InChI is InChI=1S/C14H14Cl2N2/c1-8-5-13(17)14(6-9(8)2)18-10-3-4-11(15)12(16)7-10/h3-7,18H,17H2,1-2H3. The van der Waals surface area contributed by atoms with E-state index in [9.17, 15) is 0 Å². The normalized spacial score (nSPS) is 10.4. The molecule has 0 bridgehead atoms. The Bertz CT molecular complexity index is 595. The molecular weight excluding hydrogens is 267 g/mol. The van der Waals surface area contributed by atoms with Crippen LogP contribution in [0.15, 0.2) is 30.3 Å². The van der Waals surface area contributed by atoms with Gasteiger partial charge in [-0.1, -0.05) is 23.2 Å². The van der Waals surface area contributed by atoms with Crippen LogP contribution in [0.1, 0.15) is 11.1 Å². The van der Waals surface area contributed by atoms with E-state index in [0.29, 0.717) is 15.7 Å². The first kappa shape index (κ1) is 13.1. The van der Waals surface area contributed by atoms with Gasteiger partial charge in [-0.3, -0.25) is 0 Å². The minimum absolute atomic E-state index is 0.518. The highest BCUT2D eigenvalue weighted by Crippen LogP contribution is 2.30. The molecule has 0 heterocycles. The van der Waals surface area contributed by atoms with E-state index in [-0.39, 0.29) is 0 Å². The molecule has 0 fully saturated rings. The van der Waals surface area contributed by atoms with Gasteiger partial charge in [-0.05, 0) is 55.3 Å². The minimum atomic E-state index is 0.518. The number of benzene rings is 2. The number of hydrogen-bond donors (Lipinski definition) is 2. The van der Waals surface area contributed by atoms with Crippen molar-refractivity contribution >= 4 is 40.3 Å². The fourth-order valence-electron chi connectivity index (χ4n) is 1.68. The molecule has 0 unspecified atom stereocenters. The van der Waals surface area contributed by atoms with Crippen LogP contribution >= 0.6 is 23.2 Å². The number of anilines is 3. The van der Waals surface area contributed by atoms with Gasteiger partial charge in [0.15, 0.2) is 0 Å². The lowest BCUT2D eigenvalue weighted by atomic mass is 10.1. The number of nitrogen functional groups attached to an aromatic ring is 1. The number of rotatable bonds is 2. The third-order valence-electron chi connectivity index (χ3n) is 2.86. The van der Waals surface area contributed by atoms with Crippen molar-refractivity contribution in [2.45, 2.75) is 13.8 Å². The molecule has 0 spiro atoms. The Morgan fingerprint density at radius 3 is 2.28 bits per heavy atom. The maximum atomic E-state index is 5.98. The van der Waals surface area contributed by atoms with Gasteiger partial charge >= 0.3 is 0 Å². The van der Waals surface area contributed by atoms with Crippen LogP contribution in [-0.2, 0) is 0 Å². The maximum absolute atomic E-state index is 5.98. The Balaban J connectivity index is 2.34. The van der Waals surface area contributed by atoms with Gasteiger partial charge in [0.2, 0.25) is 0 Å². The molecule has 4 heteroatoms. The number of nitrogens with two attached hydrogens (primary N) is 1. The highest BCUT2D eigenvalue weighted by Gasteiger charge is 2.04. The molecule has 2 aromatic rings. The van der Waals surface area contributed by atoms with Crippen molar-refractivity contribution in [3.8, 4) is 0 Å². The van der Waals surface area contributed by atoms with Gasteiger partial charge in [0.1, 0.15) is 0 Å². The monoisotopic (exact) mass is 280 g/mol.